The van der Waals surface area contributed by atoms with Crippen molar-refractivity contribution in [1.82, 2.24) is 24.7 Å². The Hall–Kier alpha value is -2.68. The lowest BCUT2D eigenvalue weighted by Gasteiger charge is -2.11. The fourth-order valence-corrected chi connectivity index (χ4v) is 3.30. The molecular formula is C16H18N6O2S. The molecule has 0 radical (unpaired) electrons. The fraction of sp³-hybridized carbons (Fsp3) is 0.312. The highest BCUT2D eigenvalue weighted by atomic mass is 32.2. The molecule has 8 nitrogen and oxygen atoms in total. The van der Waals surface area contributed by atoms with Gasteiger partial charge in [0.1, 0.15) is 11.6 Å². The average molecular weight is 358 g/mol. The molecule has 25 heavy (non-hydrogen) atoms. The van der Waals surface area contributed by atoms with Crippen molar-refractivity contribution in [2.45, 2.75) is 30.2 Å². The lowest BCUT2D eigenvalue weighted by Crippen LogP contribution is -2.13. The smallest absolute Gasteiger partial charge is 0.258 e. The van der Waals surface area contributed by atoms with Crippen LogP contribution in [-0.4, -0.2) is 30.6 Å². The number of aromatic amines is 1. The van der Waals surface area contributed by atoms with Crippen LogP contribution >= 0.6 is 11.8 Å². The number of nitrogens with zero attached hydrogens (tertiary/aromatic N) is 4. The molecule has 0 saturated carbocycles. The van der Waals surface area contributed by atoms with Gasteiger partial charge in [0.25, 0.3) is 5.56 Å². The minimum absolute atomic E-state index is 0.121. The zero-order valence-corrected chi connectivity index (χ0v) is 14.7. The predicted molar refractivity (Wildman–Crippen MR) is 95.2 cm³/mol. The van der Waals surface area contributed by atoms with E-state index in [1.807, 2.05) is 36.7 Å². The summed E-state index contributed by atoms with van der Waals surface area (Å²) in [5, 5.41) is 9.37. The third kappa shape index (κ3) is 3.71. The zero-order chi connectivity index (χ0) is 18.0. The molecule has 0 saturated heterocycles. The molecule has 0 aliphatic carbocycles. The maximum absolute atomic E-state index is 12.2. The van der Waals surface area contributed by atoms with Gasteiger partial charge in [0.15, 0.2) is 5.16 Å². The topological polar surface area (TPSA) is 120 Å². The molecule has 3 N–H and O–H groups in total. The standard InChI is InChI=1S/C16H18N6O2S/c1-9(14-18-11-6-4-3-5-10(11)15(24)19-14)25-16-21-20-13(22(16)2)8-7-12(17)23/h3-6,9H,7-8H2,1-2H3,(H2,17,23)(H,18,19,24)/t9-/m1/s1. The van der Waals surface area contributed by atoms with Gasteiger partial charge in [0.2, 0.25) is 5.91 Å². The van der Waals surface area contributed by atoms with Crippen molar-refractivity contribution >= 4 is 28.6 Å². The number of para-hydroxylation sites is 1. The molecule has 1 atom stereocenters. The van der Waals surface area contributed by atoms with E-state index in [4.69, 9.17) is 5.73 Å². The number of H-pyrrole nitrogens is 1. The number of aryl methyl sites for hydroxylation is 1. The quantitative estimate of drug-likeness (QED) is 0.641. The summed E-state index contributed by atoms with van der Waals surface area (Å²) in [6, 6.07) is 7.22. The molecular weight excluding hydrogens is 340 g/mol. The Morgan fingerprint density at radius 1 is 1.36 bits per heavy atom. The molecule has 3 rings (SSSR count). The first-order chi connectivity index (χ1) is 12.0. The molecule has 0 fully saturated rings. The molecule has 0 unspecified atom stereocenters. The Bertz CT molecular complexity index is 980. The minimum atomic E-state index is -0.372. The van der Waals surface area contributed by atoms with Gasteiger partial charge in [-0.3, -0.25) is 9.59 Å². The molecule has 130 valence electrons. The van der Waals surface area contributed by atoms with E-state index in [0.29, 0.717) is 34.1 Å². The van der Waals surface area contributed by atoms with E-state index in [0.717, 1.165) is 0 Å². The lowest BCUT2D eigenvalue weighted by atomic mass is 10.2. The number of benzene rings is 1. The maximum Gasteiger partial charge on any atom is 0.258 e. The van der Waals surface area contributed by atoms with Gasteiger partial charge >= 0.3 is 0 Å². The van der Waals surface area contributed by atoms with Crippen LogP contribution in [0.25, 0.3) is 10.9 Å². The van der Waals surface area contributed by atoms with E-state index in [-0.39, 0.29) is 23.1 Å². The molecule has 0 bridgehead atoms. The van der Waals surface area contributed by atoms with Gasteiger partial charge in [0.05, 0.1) is 16.2 Å². The van der Waals surface area contributed by atoms with Crippen molar-refractivity contribution in [3.63, 3.8) is 0 Å². The minimum Gasteiger partial charge on any atom is -0.370 e. The Kier molecular flexibility index (Phi) is 4.84. The fourth-order valence-electron chi connectivity index (χ4n) is 2.41. The predicted octanol–water partition coefficient (Wildman–Crippen LogP) is 1.32. The van der Waals surface area contributed by atoms with Crippen LogP contribution in [0.2, 0.25) is 0 Å². The highest BCUT2D eigenvalue weighted by Gasteiger charge is 2.17. The molecule has 2 heterocycles. The van der Waals surface area contributed by atoms with Crippen LogP contribution in [-0.2, 0) is 18.3 Å². The SMILES string of the molecule is C[C@@H](Sc1nnc(CCC(N)=O)n1C)c1nc2ccccc2c(=O)[nH]1. The molecule has 2 aromatic heterocycles. The summed E-state index contributed by atoms with van der Waals surface area (Å²) in [7, 11) is 1.84. The van der Waals surface area contributed by atoms with E-state index in [1.165, 1.54) is 11.8 Å². The number of hydrogen-bond donors (Lipinski definition) is 2. The number of carbonyl (C=O) groups excluding carboxylic acids is 1. The third-order valence-corrected chi connectivity index (χ3v) is 4.96. The number of primary amides is 1. The zero-order valence-electron chi connectivity index (χ0n) is 13.9. The third-order valence-electron chi connectivity index (χ3n) is 3.82. The van der Waals surface area contributed by atoms with Crippen LogP contribution < -0.4 is 11.3 Å². The molecule has 0 aliphatic rings. The van der Waals surface area contributed by atoms with Crippen LogP contribution in [0.1, 0.15) is 30.2 Å². The van der Waals surface area contributed by atoms with Crippen LogP contribution in [0.5, 0.6) is 0 Å². The van der Waals surface area contributed by atoms with E-state index >= 15 is 0 Å². The van der Waals surface area contributed by atoms with Crippen molar-refractivity contribution < 1.29 is 4.79 Å². The van der Waals surface area contributed by atoms with Gasteiger partial charge in [-0.2, -0.15) is 0 Å². The highest BCUT2D eigenvalue weighted by Crippen LogP contribution is 2.31. The van der Waals surface area contributed by atoms with E-state index in [9.17, 15) is 9.59 Å². The molecule has 1 amide bonds. The largest absolute Gasteiger partial charge is 0.370 e. The van der Waals surface area contributed by atoms with Crippen molar-refractivity contribution in [3.05, 3.63) is 46.3 Å². The Morgan fingerprint density at radius 3 is 2.88 bits per heavy atom. The molecule has 0 aliphatic heterocycles. The average Bonchev–Trinajstić information content (AvgIpc) is 2.93. The van der Waals surface area contributed by atoms with Gasteiger partial charge < -0.3 is 15.3 Å². The molecule has 9 heteroatoms. The van der Waals surface area contributed by atoms with Gasteiger partial charge in [-0.05, 0) is 19.1 Å². The summed E-state index contributed by atoms with van der Waals surface area (Å²) >= 11 is 1.44. The number of carbonyl (C=O) groups is 1. The van der Waals surface area contributed by atoms with Gasteiger partial charge in [-0.1, -0.05) is 23.9 Å². The second-order valence-corrected chi connectivity index (χ2v) is 6.96. The maximum atomic E-state index is 12.2. The number of nitrogens with two attached hydrogens (primary N) is 1. The lowest BCUT2D eigenvalue weighted by molar-refractivity contribution is -0.118. The normalized spacial score (nSPS) is 12.4. The number of thioether (sulfide) groups is 1. The number of amides is 1. The van der Waals surface area contributed by atoms with Crippen molar-refractivity contribution in [1.29, 1.82) is 0 Å². The first kappa shape index (κ1) is 17.2. The second kappa shape index (κ2) is 7.06. The van der Waals surface area contributed by atoms with E-state index in [2.05, 4.69) is 20.2 Å². The number of nitrogens with one attached hydrogen (secondary N) is 1. The van der Waals surface area contributed by atoms with Crippen molar-refractivity contribution in [2.24, 2.45) is 12.8 Å². The summed E-state index contributed by atoms with van der Waals surface area (Å²) in [6.45, 7) is 1.94. The molecule has 3 aromatic rings. The van der Waals surface area contributed by atoms with Crippen LogP contribution in [0.3, 0.4) is 0 Å². The first-order valence-electron chi connectivity index (χ1n) is 7.78. The van der Waals surface area contributed by atoms with Crippen LogP contribution in [0.15, 0.2) is 34.2 Å². The Morgan fingerprint density at radius 2 is 2.12 bits per heavy atom. The van der Waals surface area contributed by atoms with E-state index < -0.39 is 0 Å². The van der Waals surface area contributed by atoms with Gasteiger partial charge in [-0.15, -0.1) is 10.2 Å². The van der Waals surface area contributed by atoms with Gasteiger partial charge in [0, 0.05) is 19.9 Å². The number of fused-ring (bicyclic) bond motifs is 1. The highest BCUT2D eigenvalue weighted by molar-refractivity contribution is 7.99. The van der Waals surface area contributed by atoms with Crippen LogP contribution in [0.4, 0.5) is 0 Å². The van der Waals surface area contributed by atoms with Gasteiger partial charge in [-0.25, -0.2) is 4.98 Å². The van der Waals surface area contributed by atoms with Crippen LogP contribution in [0, 0.1) is 0 Å². The monoisotopic (exact) mass is 358 g/mol. The second-order valence-electron chi connectivity index (χ2n) is 5.65. The number of hydrogen-bond acceptors (Lipinski definition) is 6. The van der Waals surface area contributed by atoms with E-state index in [1.54, 1.807) is 6.07 Å². The molecule has 0 spiro atoms. The summed E-state index contributed by atoms with van der Waals surface area (Å²) in [6.07, 6.45) is 0.671. The Labute approximate surface area is 147 Å². The summed E-state index contributed by atoms with van der Waals surface area (Å²) in [5.41, 5.74) is 5.67. The summed E-state index contributed by atoms with van der Waals surface area (Å²) in [4.78, 5) is 30.5. The summed E-state index contributed by atoms with van der Waals surface area (Å²) < 4.78 is 1.82. The molecule has 1 aromatic carbocycles. The first-order valence-corrected chi connectivity index (χ1v) is 8.66. The van der Waals surface area contributed by atoms with Crippen molar-refractivity contribution in [3.8, 4) is 0 Å². The van der Waals surface area contributed by atoms with Crippen molar-refractivity contribution in [2.75, 3.05) is 0 Å². The number of rotatable bonds is 6. The Balaban J connectivity index is 1.82. The summed E-state index contributed by atoms with van der Waals surface area (Å²) in [5.74, 6) is 0.896. The number of aromatic nitrogens is 5.